The first-order chi connectivity index (χ1) is 11.5. The summed E-state index contributed by atoms with van der Waals surface area (Å²) in [5, 5.41) is 0. The Morgan fingerprint density at radius 3 is 2.71 bits per heavy atom. The van der Waals surface area contributed by atoms with Gasteiger partial charge < -0.3 is 9.64 Å². The van der Waals surface area contributed by atoms with E-state index >= 15 is 0 Å². The van der Waals surface area contributed by atoms with E-state index in [-0.39, 0.29) is 17.5 Å². The molecule has 128 valence electrons. The normalized spacial score (nSPS) is 23.3. The second kappa shape index (κ2) is 6.68. The number of likely N-dealkylation sites (tertiary alicyclic amines) is 1. The summed E-state index contributed by atoms with van der Waals surface area (Å²) in [6.07, 6.45) is 1.39. The van der Waals surface area contributed by atoms with Gasteiger partial charge in [-0.25, -0.2) is 4.39 Å². The fourth-order valence-electron chi connectivity index (χ4n) is 3.33. The lowest BCUT2D eigenvalue weighted by atomic mass is 9.97. The molecule has 0 atom stereocenters. The number of fused-ring (bicyclic) bond motifs is 1. The van der Waals surface area contributed by atoms with Crippen LogP contribution in [0.1, 0.15) is 30.1 Å². The molecule has 1 amide bonds. The number of hydrogen-bond acceptors (Lipinski definition) is 4. The van der Waals surface area contributed by atoms with E-state index in [1.165, 1.54) is 17.0 Å². The number of nitrogens with zero attached hydrogens (tertiary/aromatic N) is 1. The monoisotopic (exact) mass is 335 g/mol. The van der Waals surface area contributed by atoms with E-state index in [1.807, 2.05) is 0 Å². The number of anilines is 1. The highest BCUT2D eigenvalue weighted by Crippen LogP contribution is 2.28. The predicted octanol–water partition coefficient (Wildman–Crippen LogP) is 0.171. The zero-order valence-electron chi connectivity index (χ0n) is 13.5. The van der Waals surface area contributed by atoms with Crippen LogP contribution in [-0.2, 0) is 14.3 Å². The third-order valence-corrected chi connectivity index (χ3v) is 4.63. The maximum atomic E-state index is 13.3. The van der Waals surface area contributed by atoms with E-state index in [2.05, 4.69) is 0 Å². The van der Waals surface area contributed by atoms with Crippen LogP contribution in [0, 0.1) is 11.7 Å². The number of Topliss-reactive ketones (excluding diaryl/α,β-unsaturated/α-hetero) is 1. The van der Waals surface area contributed by atoms with Gasteiger partial charge in [0.2, 0.25) is 0 Å². The SMILES string of the molecule is CCOC(=O)C1CC[NH+](CN2C(=O)C(=O)c3cc(F)ccc32)CC1. The van der Waals surface area contributed by atoms with Crippen LogP contribution in [0.5, 0.6) is 0 Å². The van der Waals surface area contributed by atoms with E-state index in [4.69, 9.17) is 4.74 Å². The first-order valence-electron chi connectivity index (χ1n) is 8.17. The Morgan fingerprint density at radius 2 is 2.04 bits per heavy atom. The van der Waals surface area contributed by atoms with Crippen LogP contribution < -0.4 is 9.80 Å². The van der Waals surface area contributed by atoms with Gasteiger partial charge in [-0.05, 0) is 25.1 Å². The van der Waals surface area contributed by atoms with Gasteiger partial charge in [-0.15, -0.1) is 0 Å². The molecule has 2 aliphatic rings. The summed E-state index contributed by atoms with van der Waals surface area (Å²) in [4.78, 5) is 38.5. The van der Waals surface area contributed by atoms with Gasteiger partial charge in [0, 0.05) is 12.8 Å². The summed E-state index contributed by atoms with van der Waals surface area (Å²) in [6, 6.07) is 3.83. The van der Waals surface area contributed by atoms with Crippen molar-refractivity contribution in [2.24, 2.45) is 5.92 Å². The first-order valence-corrected chi connectivity index (χ1v) is 8.17. The molecular weight excluding hydrogens is 315 g/mol. The van der Waals surface area contributed by atoms with Crippen LogP contribution in [0.15, 0.2) is 18.2 Å². The molecule has 0 aliphatic carbocycles. The molecule has 0 unspecified atom stereocenters. The molecule has 0 radical (unpaired) electrons. The van der Waals surface area contributed by atoms with Crippen LogP contribution >= 0.6 is 0 Å². The van der Waals surface area contributed by atoms with Crippen LogP contribution in [-0.4, -0.2) is 44.0 Å². The van der Waals surface area contributed by atoms with Crippen molar-refractivity contribution in [3.63, 3.8) is 0 Å². The van der Waals surface area contributed by atoms with Crippen LogP contribution in [0.4, 0.5) is 10.1 Å². The van der Waals surface area contributed by atoms with Gasteiger partial charge in [-0.2, -0.15) is 0 Å². The average molecular weight is 335 g/mol. The summed E-state index contributed by atoms with van der Waals surface area (Å²) in [7, 11) is 0. The van der Waals surface area contributed by atoms with Crippen molar-refractivity contribution in [1.82, 2.24) is 0 Å². The Balaban J connectivity index is 1.65. The Labute approximate surface area is 139 Å². The maximum Gasteiger partial charge on any atom is 0.309 e. The van der Waals surface area contributed by atoms with Crippen LogP contribution in [0.25, 0.3) is 0 Å². The number of carbonyl (C=O) groups is 3. The van der Waals surface area contributed by atoms with E-state index in [0.29, 0.717) is 31.8 Å². The number of amides is 1. The minimum absolute atomic E-state index is 0.0917. The molecule has 2 heterocycles. The van der Waals surface area contributed by atoms with Crippen molar-refractivity contribution in [3.8, 4) is 0 Å². The predicted molar refractivity (Wildman–Crippen MR) is 83.1 cm³/mol. The van der Waals surface area contributed by atoms with Crippen molar-refractivity contribution in [3.05, 3.63) is 29.6 Å². The Bertz CT molecular complexity index is 683. The topological polar surface area (TPSA) is 68.1 Å². The number of halogens is 1. The van der Waals surface area contributed by atoms with Gasteiger partial charge in [0.1, 0.15) is 5.82 Å². The number of carbonyl (C=O) groups excluding carboxylic acids is 3. The lowest BCUT2D eigenvalue weighted by Gasteiger charge is -2.30. The van der Waals surface area contributed by atoms with Crippen molar-refractivity contribution >= 4 is 23.3 Å². The van der Waals surface area contributed by atoms with Crippen LogP contribution in [0.2, 0.25) is 0 Å². The van der Waals surface area contributed by atoms with E-state index in [1.54, 1.807) is 6.92 Å². The highest BCUT2D eigenvalue weighted by molar-refractivity contribution is 6.52. The lowest BCUT2D eigenvalue weighted by Crippen LogP contribution is -3.14. The van der Waals surface area contributed by atoms with Gasteiger partial charge in [-0.1, -0.05) is 0 Å². The number of rotatable bonds is 4. The molecule has 0 aromatic heterocycles. The highest BCUT2D eigenvalue weighted by atomic mass is 19.1. The number of quaternary nitrogens is 1. The zero-order chi connectivity index (χ0) is 17.3. The molecule has 1 aromatic carbocycles. The number of hydrogen-bond donors (Lipinski definition) is 1. The van der Waals surface area contributed by atoms with Gasteiger partial charge in [0.05, 0.1) is 36.9 Å². The number of esters is 1. The first kappa shape index (κ1) is 16.6. The Kier molecular flexibility index (Phi) is 4.62. The molecule has 1 N–H and O–H groups in total. The summed E-state index contributed by atoms with van der Waals surface area (Å²) in [5.74, 6) is -2.06. The molecule has 1 fully saturated rings. The number of ether oxygens (including phenoxy) is 1. The van der Waals surface area contributed by atoms with Crippen molar-refractivity contribution in [2.75, 3.05) is 31.3 Å². The standard InChI is InChI=1S/C17H19FN2O4/c1-2-24-17(23)11-5-7-19(8-6-11)10-20-14-4-3-12(18)9-13(14)15(21)16(20)22/h3-4,9,11H,2,5-8,10H2,1H3/p+1. The number of ketones is 1. The van der Waals surface area contributed by atoms with E-state index in [9.17, 15) is 18.8 Å². The smallest absolute Gasteiger partial charge is 0.309 e. The fraction of sp³-hybridized carbons (Fsp3) is 0.471. The molecular formula is C17H20FN2O4+. The summed E-state index contributed by atoms with van der Waals surface area (Å²) in [5.41, 5.74) is 0.590. The van der Waals surface area contributed by atoms with Crippen molar-refractivity contribution < 1.29 is 28.4 Å². The molecule has 2 aliphatic heterocycles. The molecule has 1 aromatic rings. The van der Waals surface area contributed by atoms with Gasteiger partial charge in [0.15, 0.2) is 6.67 Å². The molecule has 0 saturated carbocycles. The number of nitrogens with one attached hydrogen (secondary N) is 1. The second-order valence-electron chi connectivity index (χ2n) is 6.16. The Morgan fingerprint density at radius 1 is 1.33 bits per heavy atom. The third-order valence-electron chi connectivity index (χ3n) is 4.63. The molecule has 7 heteroatoms. The molecule has 1 saturated heterocycles. The minimum atomic E-state index is -0.662. The van der Waals surface area contributed by atoms with Crippen molar-refractivity contribution in [2.45, 2.75) is 19.8 Å². The highest BCUT2D eigenvalue weighted by Gasteiger charge is 2.39. The number of piperidine rings is 1. The lowest BCUT2D eigenvalue weighted by molar-refractivity contribution is -0.904. The average Bonchev–Trinajstić information content (AvgIpc) is 2.80. The largest absolute Gasteiger partial charge is 0.466 e. The minimum Gasteiger partial charge on any atom is -0.466 e. The zero-order valence-corrected chi connectivity index (χ0v) is 13.5. The van der Waals surface area contributed by atoms with E-state index in [0.717, 1.165) is 24.1 Å². The third kappa shape index (κ3) is 3.03. The Hall–Kier alpha value is -2.28. The fourth-order valence-corrected chi connectivity index (χ4v) is 3.33. The van der Waals surface area contributed by atoms with Gasteiger partial charge in [0.25, 0.3) is 5.78 Å². The second-order valence-corrected chi connectivity index (χ2v) is 6.16. The van der Waals surface area contributed by atoms with Gasteiger partial charge in [-0.3, -0.25) is 19.3 Å². The van der Waals surface area contributed by atoms with Crippen LogP contribution in [0.3, 0.4) is 0 Å². The number of benzene rings is 1. The van der Waals surface area contributed by atoms with Gasteiger partial charge >= 0.3 is 11.9 Å². The van der Waals surface area contributed by atoms with Crippen molar-refractivity contribution in [1.29, 1.82) is 0 Å². The molecule has 6 nitrogen and oxygen atoms in total. The molecule has 0 spiro atoms. The van der Waals surface area contributed by atoms with E-state index < -0.39 is 17.5 Å². The maximum absolute atomic E-state index is 13.3. The summed E-state index contributed by atoms with van der Waals surface area (Å²) < 4.78 is 18.3. The summed E-state index contributed by atoms with van der Waals surface area (Å²) in [6.45, 7) is 3.95. The summed E-state index contributed by atoms with van der Waals surface area (Å²) >= 11 is 0. The quantitative estimate of drug-likeness (QED) is 0.629. The molecule has 3 rings (SSSR count). The molecule has 24 heavy (non-hydrogen) atoms. The molecule has 0 bridgehead atoms.